The van der Waals surface area contributed by atoms with Crippen LogP contribution in [0.4, 0.5) is 11.6 Å². The molecule has 67 heavy (non-hydrogen) atoms. The van der Waals surface area contributed by atoms with Crippen LogP contribution in [0.2, 0.25) is 0 Å². The summed E-state index contributed by atoms with van der Waals surface area (Å²) in [5.41, 5.74) is -0.121. The van der Waals surface area contributed by atoms with Crippen molar-refractivity contribution in [2.45, 2.75) is 65.1 Å². The molecule has 1 amide bonds. The van der Waals surface area contributed by atoms with Crippen molar-refractivity contribution in [2.24, 2.45) is 5.92 Å². The zero-order valence-electron chi connectivity index (χ0n) is 38.4. The number of phosphoric acid groups is 1. The maximum Gasteiger partial charge on any atom is 0.320 e. The lowest BCUT2D eigenvalue weighted by Crippen LogP contribution is -3.11. The number of imidazole rings is 1. The maximum atomic E-state index is 13.6. The Kier molecular flexibility index (Phi) is 16.7. The van der Waals surface area contributed by atoms with E-state index in [-0.39, 0.29) is 47.5 Å². The highest BCUT2D eigenvalue weighted by atomic mass is 31.2. The van der Waals surface area contributed by atoms with Crippen molar-refractivity contribution in [3.8, 4) is 17.2 Å². The van der Waals surface area contributed by atoms with Gasteiger partial charge >= 0.3 is 7.82 Å². The summed E-state index contributed by atoms with van der Waals surface area (Å²) >= 11 is 0. The first kappa shape index (κ1) is 50.0. The van der Waals surface area contributed by atoms with Crippen LogP contribution in [0.15, 0.2) is 114 Å². The van der Waals surface area contributed by atoms with Crippen molar-refractivity contribution in [1.82, 2.24) is 19.5 Å². The number of aromatic amines is 1. The van der Waals surface area contributed by atoms with Gasteiger partial charge in [-0.1, -0.05) is 68.4 Å². The summed E-state index contributed by atoms with van der Waals surface area (Å²) in [5.74, 6) is 0.0768. The topological polar surface area (TPSA) is 236 Å². The molecular formula is C47H56N7O12P. The van der Waals surface area contributed by atoms with Crippen LogP contribution in [-0.4, -0.2) is 83.0 Å². The van der Waals surface area contributed by atoms with Crippen molar-refractivity contribution in [2.75, 3.05) is 45.8 Å². The minimum Gasteiger partial charge on any atom is -0.746 e. The lowest BCUT2D eigenvalue weighted by Gasteiger charge is -2.37. The molecule has 0 aliphatic carbocycles. The minimum atomic E-state index is -5.22. The van der Waals surface area contributed by atoms with Crippen LogP contribution in [-0.2, 0) is 29.0 Å². The summed E-state index contributed by atoms with van der Waals surface area (Å²) in [6.45, 7) is 13.6. The molecule has 19 nitrogen and oxygen atoms in total. The average Bonchev–Trinajstić information content (AvgIpc) is 3.94. The predicted octanol–water partition coefficient (Wildman–Crippen LogP) is 5.80. The predicted molar refractivity (Wildman–Crippen MR) is 247 cm³/mol. The number of nitrogens with zero attached hydrogens (tertiary/aromatic N) is 4. The number of aromatic nitrogens is 4. The number of carbonyl (C=O) groups excluding carboxylic acids is 1. The number of ether oxygens (including phenoxy) is 4. The molecule has 1 aliphatic heterocycles. The number of nitro groups is 1. The molecular weight excluding hydrogens is 886 g/mol. The number of non-ortho nitro benzene ring substituents is 1. The second-order valence-electron chi connectivity index (χ2n) is 15.8. The lowest BCUT2D eigenvalue weighted by atomic mass is 9.80. The number of H-pyrrole nitrogens is 1. The van der Waals surface area contributed by atoms with Gasteiger partial charge in [0.2, 0.25) is 11.9 Å². The standard InChI is InChI=1S/C41H41N6O12P.C6H15N/c1-25(2)38(48)44-40-43-37-36(39(49)45-40)42-24-46(37)35-22-33(59-60(52,53)58-32-20-14-29(15-21-32)47(50)51)34(57-35)23-56-41(26-8-6-5-7-9-26,27-10-16-30(54-3)17-11-27)28-12-18-31(55-4)19-13-28;1-4-7(5-2)6-3/h5-21,24-25,33-35H,22-23H2,1-4H3,(H,52,53)(H2,43,44,45,48,49);4-6H2,1-3H3/t33-,34+,35+;/m0./s1. The zero-order chi connectivity index (χ0) is 48.3. The second-order valence-corrected chi connectivity index (χ2v) is 17.1. The first-order chi connectivity index (χ1) is 32.1. The molecule has 0 bridgehead atoms. The van der Waals surface area contributed by atoms with E-state index in [1.807, 2.05) is 54.6 Å². The van der Waals surface area contributed by atoms with Crippen molar-refractivity contribution in [3.63, 3.8) is 0 Å². The Hall–Kier alpha value is -6.47. The monoisotopic (exact) mass is 941 g/mol. The Balaban J connectivity index is 0.000000980. The smallest absolute Gasteiger partial charge is 0.320 e. The first-order valence-electron chi connectivity index (χ1n) is 21.8. The van der Waals surface area contributed by atoms with E-state index >= 15 is 0 Å². The van der Waals surface area contributed by atoms with Gasteiger partial charge in [0.25, 0.3) is 11.2 Å². The number of benzene rings is 4. The highest BCUT2D eigenvalue weighted by Crippen LogP contribution is 2.47. The quantitative estimate of drug-likeness (QED) is 0.0377. The molecule has 3 N–H and O–H groups in total. The minimum absolute atomic E-state index is 0.0469. The van der Waals surface area contributed by atoms with Gasteiger partial charge in [0.1, 0.15) is 35.2 Å². The largest absolute Gasteiger partial charge is 0.746 e. The van der Waals surface area contributed by atoms with Gasteiger partial charge < -0.3 is 37.8 Å². The van der Waals surface area contributed by atoms with Crippen molar-refractivity contribution < 1.29 is 52.1 Å². The zero-order valence-corrected chi connectivity index (χ0v) is 39.3. The number of fused-ring (bicyclic) bond motifs is 1. The number of hydrogen-bond acceptors (Lipinski definition) is 14. The third-order valence-electron chi connectivity index (χ3n) is 11.4. The molecule has 4 atom stereocenters. The van der Waals surface area contributed by atoms with E-state index in [1.54, 1.807) is 57.2 Å². The molecule has 0 saturated carbocycles. The number of anilines is 1. The lowest BCUT2D eigenvalue weighted by molar-refractivity contribution is -0.894. The third kappa shape index (κ3) is 11.9. The fourth-order valence-electron chi connectivity index (χ4n) is 7.57. The Morgan fingerprint density at radius 1 is 0.910 bits per heavy atom. The summed E-state index contributed by atoms with van der Waals surface area (Å²) in [6, 6.07) is 28.5. The number of nitrogens with one attached hydrogen (secondary N) is 3. The van der Waals surface area contributed by atoms with Gasteiger partial charge in [0.15, 0.2) is 11.2 Å². The Labute approximate surface area is 387 Å². The van der Waals surface area contributed by atoms with Gasteiger partial charge in [-0.3, -0.25) is 39.1 Å². The summed E-state index contributed by atoms with van der Waals surface area (Å²) in [7, 11) is -2.09. The molecule has 1 saturated heterocycles. The molecule has 4 aromatic carbocycles. The highest BCUT2D eigenvalue weighted by Gasteiger charge is 2.44. The van der Waals surface area contributed by atoms with Gasteiger partial charge in [-0.15, -0.1) is 0 Å². The number of phosphoric ester groups is 1. The molecule has 1 aliphatic rings. The number of amides is 1. The van der Waals surface area contributed by atoms with Gasteiger partial charge in [0, 0.05) is 24.5 Å². The van der Waals surface area contributed by atoms with Crippen molar-refractivity contribution >= 4 is 36.5 Å². The first-order valence-corrected chi connectivity index (χ1v) is 23.3. The van der Waals surface area contributed by atoms with Crippen LogP contribution in [0.25, 0.3) is 11.2 Å². The van der Waals surface area contributed by atoms with E-state index in [1.165, 1.54) is 30.5 Å². The van der Waals surface area contributed by atoms with E-state index in [4.69, 9.17) is 28.0 Å². The summed E-state index contributed by atoms with van der Waals surface area (Å²) in [4.78, 5) is 62.6. The molecule has 1 unspecified atom stereocenters. The van der Waals surface area contributed by atoms with E-state index in [0.717, 1.165) is 29.8 Å². The van der Waals surface area contributed by atoms with Gasteiger partial charge in [-0.05, 0) is 73.9 Å². The summed E-state index contributed by atoms with van der Waals surface area (Å²) in [5, 5.41) is 13.8. The Bertz CT molecular complexity index is 2620. The van der Waals surface area contributed by atoms with Gasteiger partial charge in [-0.25, -0.2) is 4.98 Å². The SMILES string of the molecule is CC[NH+](CC)CC.COc1ccc(C(OC[C@H]2O[C@@H](n3cnc4c(=O)[nH]c(NC(=O)C(C)C)nc43)C[C@@H]2OP(=O)([O-])Oc2ccc([N+](=O)[O-])cc2)(c2ccccc2)c2ccc(OC)cc2)cc1. The van der Waals surface area contributed by atoms with Crippen LogP contribution in [0.3, 0.4) is 0 Å². The van der Waals surface area contributed by atoms with Crippen LogP contribution in [0.5, 0.6) is 17.2 Å². The average molecular weight is 942 g/mol. The van der Waals surface area contributed by atoms with E-state index in [9.17, 15) is 29.2 Å². The highest BCUT2D eigenvalue weighted by molar-refractivity contribution is 7.46. The van der Waals surface area contributed by atoms with Gasteiger partial charge in [-0.2, -0.15) is 4.98 Å². The third-order valence-corrected chi connectivity index (χ3v) is 12.3. The summed E-state index contributed by atoms with van der Waals surface area (Å²) in [6.07, 6.45) is -2.24. The number of nitro benzene ring substituents is 1. The molecule has 0 radical (unpaired) electrons. The van der Waals surface area contributed by atoms with E-state index in [0.29, 0.717) is 22.6 Å². The summed E-state index contributed by atoms with van der Waals surface area (Å²) < 4.78 is 50.5. The normalized spacial score (nSPS) is 16.8. The van der Waals surface area contributed by atoms with Crippen molar-refractivity contribution in [1.29, 1.82) is 0 Å². The fraction of sp³-hybridized carbons (Fsp3) is 0.362. The number of quaternary nitrogens is 1. The molecule has 20 heteroatoms. The van der Waals surface area contributed by atoms with Crippen LogP contribution < -0.4 is 34.7 Å². The fourth-order valence-corrected chi connectivity index (χ4v) is 8.54. The maximum absolute atomic E-state index is 13.6. The molecule has 0 spiro atoms. The number of rotatable bonds is 19. The van der Waals surface area contributed by atoms with Crippen LogP contribution >= 0.6 is 7.82 Å². The van der Waals surface area contributed by atoms with E-state index in [2.05, 4.69) is 41.0 Å². The number of hydrogen-bond donors (Lipinski definition) is 3. The number of carbonyl (C=O) groups is 1. The molecule has 2 aromatic heterocycles. The van der Waals surface area contributed by atoms with E-state index < -0.39 is 48.3 Å². The molecule has 6 aromatic rings. The van der Waals surface area contributed by atoms with Crippen LogP contribution in [0, 0.1) is 16.0 Å². The molecule has 7 rings (SSSR count). The molecule has 3 heterocycles. The Morgan fingerprint density at radius 3 is 1.97 bits per heavy atom. The second kappa shape index (κ2) is 22.3. The van der Waals surface area contributed by atoms with Crippen molar-refractivity contribution in [3.05, 3.63) is 147 Å². The van der Waals surface area contributed by atoms with Crippen LogP contribution in [0.1, 0.15) is 64.0 Å². The Morgan fingerprint density at radius 2 is 1.46 bits per heavy atom. The number of methoxy groups -OCH3 is 2. The molecule has 356 valence electrons. The van der Waals surface area contributed by atoms with Gasteiger partial charge in [0.05, 0.1) is 57.8 Å². The molecule has 1 fully saturated rings.